The van der Waals surface area contributed by atoms with Crippen molar-refractivity contribution in [1.29, 1.82) is 0 Å². The molecule has 2 rings (SSSR count). The van der Waals surface area contributed by atoms with Gasteiger partial charge in [0.2, 0.25) is 0 Å². The molecule has 8 heteroatoms. The Morgan fingerprint density at radius 1 is 1.27 bits per heavy atom. The van der Waals surface area contributed by atoms with E-state index in [-0.39, 0.29) is 19.4 Å². The van der Waals surface area contributed by atoms with Gasteiger partial charge in [0.25, 0.3) is 0 Å². The molecule has 0 aromatic heterocycles. The standard InChI is InChI=1S/C18H24O7S/c1-17(2)24-12-15(25-17)18(26(3,22)23,13-7-5-4-6-8-13)10-9-14(19)11-16(20)21/h4-8,15H,9-12H2,1-3H3,(H,20,21). The van der Waals surface area contributed by atoms with Gasteiger partial charge in [-0.25, -0.2) is 8.42 Å². The second-order valence-corrected chi connectivity index (χ2v) is 9.23. The highest BCUT2D eigenvalue weighted by atomic mass is 32.2. The van der Waals surface area contributed by atoms with Crippen molar-refractivity contribution in [3.05, 3.63) is 35.9 Å². The smallest absolute Gasteiger partial charge is 0.310 e. The summed E-state index contributed by atoms with van der Waals surface area (Å²) < 4.78 is 35.8. The van der Waals surface area contributed by atoms with Crippen LogP contribution in [-0.4, -0.2) is 50.0 Å². The van der Waals surface area contributed by atoms with Crippen LogP contribution < -0.4 is 0 Å². The number of carbonyl (C=O) groups is 2. The summed E-state index contributed by atoms with van der Waals surface area (Å²) in [6.45, 7) is 3.45. The molecule has 26 heavy (non-hydrogen) atoms. The van der Waals surface area contributed by atoms with Gasteiger partial charge in [-0.05, 0) is 25.8 Å². The number of ketones is 1. The van der Waals surface area contributed by atoms with Gasteiger partial charge in [-0.3, -0.25) is 9.59 Å². The fourth-order valence-corrected chi connectivity index (χ4v) is 4.98. The van der Waals surface area contributed by atoms with Crippen LogP contribution in [0.15, 0.2) is 30.3 Å². The lowest BCUT2D eigenvalue weighted by Gasteiger charge is -2.37. The zero-order valence-electron chi connectivity index (χ0n) is 15.1. The van der Waals surface area contributed by atoms with E-state index in [1.807, 2.05) is 0 Å². The van der Waals surface area contributed by atoms with Crippen LogP contribution in [0.1, 0.15) is 38.7 Å². The lowest BCUT2D eigenvalue weighted by Crippen LogP contribution is -2.48. The van der Waals surface area contributed by atoms with Crippen LogP contribution in [0.4, 0.5) is 0 Å². The molecule has 1 aromatic rings. The van der Waals surface area contributed by atoms with Crippen LogP contribution in [0.3, 0.4) is 0 Å². The molecular formula is C18H24O7S. The Balaban J connectivity index is 2.48. The van der Waals surface area contributed by atoms with Crippen molar-refractivity contribution in [1.82, 2.24) is 0 Å². The Morgan fingerprint density at radius 2 is 1.88 bits per heavy atom. The number of carboxylic acid groups (broad SMARTS) is 1. The van der Waals surface area contributed by atoms with Crippen molar-refractivity contribution < 1.29 is 32.6 Å². The summed E-state index contributed by atoms with van der Waals surface area (Å²) in [5.74, 6) is -2.71. The van der Waals surface area contributed by atoms with Crippen molar-refractivity contribution in [3.8, 4) is 0 Å². The second-order valence-electron chi connectivity index (χ2n) is 6.95. The van der Waals surface area contributed by atoms with Gasteiger partial charge in [0, 0.05) is 12.7 Å². The van der Waals surface area contributed by atoms with Crippen molar-refractivity contribution >= 4 is 21.6 Å². The number of aliphatic carboxylic acids is 1. The third kappa shape index (κ3) is 4.31. The predicted octanol–water partition coefficient (Wildman–Crippen LogP) is 1.90. The molecule has 0 saturated carbocycles. The summed E-state index contributed by atoms with van der Waals surface area (Å²) in [6.07, 6.45) is -0.605. The fraction of sp³-hybridized carbons (Fsp3) is 0.556. The quantitative estimate of drug-likeness (QED) is 0.682. The van der Waals surface area contributed by atoms with Gasteiger partial charge in [0.1, 0.15) is 23.1 Å². The van der Waals surface area contributed by atoms with E-state index in [0.29, 0.717) is 5.56 Å². The van der Waals surface area contributed by atoms with E-state index in [2.05, 4.69) is 0 Å². The topological polar surface area (TPSA) is 107 Å². The average molecular weight is 384 g/mol. The van der Waals surface area contributed by atoms with Crippen LogP contribution >= 0.6 is 0 Å². The molecule has 2 atom stereocenters. The lowest BCUT2D eigenvalue weighted by atomic mass is 9.87. The van der Waals surface area contributed by atoms with E-state index in [0.717, 1.165) is 6.26 Å². The van der Waals surface area contributed by atoms with E-state index in [1.54, 1.807) is 44.2 Å². The molecule has 0 aliphatic carbocycles. The fourth-order valence-electron chi connectivity index (χ4n) is 3.35. The molecule has 0 bridgehead atoms. The zero-order valence-corrected chi connectivity index (χ0v) is 15.9. The maximum Gasteiger partial charge on any atom is 0.310 e. The van der Waals surface area contributed by atoms with Crippen molar-refractivity contribution in [2.45, 2.75) is 49.7 Å². The SMILES string of the molecule is CC1(C)OCC(C(CCC(=O)CC(=O)O)(c2ccccc2)S(C)(=O)=O)O1. The number of sulfone groups is 1. The molecule has 1 aliphatic heterocycles. The molecule has 0 spiro atoms. The van der Waals surface area contributed by atoms with E-state index >= 15 is 0 Å². The second kappa shape index (κ2) is 7.46. The molecule has 0 radical (unpaired) electrons. The predicted molar refractivity (Wildman–Crippen MR) is 94.4 cm³/mol. The average Bonchev–Trinajstić information content (AvgIpc) is 2.87. The largest absolute Gasteiger partial charge is 0.481 e. The molecule has 1 N–H and O–H groups in total. The number of hydrogen-bond donors (Lipinski definition) is 1. The van der Waals surface area contributed by atoms with Gasteiger partial charge < -0.3 is 14.6 Å². The van der Waals surface area contributed by atoms with Gasteiger partial charge in [0.15, 0.2) is 15.6 Å². The molecule has 1 fully saturated rings. The van der Waals surface area contributed by atoms with Gasteiger partial charge in [0.05, 0.1) is 6.61 Å². The Labute approximate surface area is 153 Å². The summed E-state index contributed by atoms with van der Waals surface area (Å²) in [4.78, 5) is 22.7. The Morgan fingerprint density at radius 3 is 2.35 bits per heavy atom. The Kier molecular flexibility index (Phi) is 5.89. The first kappa shape index (κ1) is 20.5. The third-order valence-electron chi connectivity index (χ3n) is 4.58. The minimum absolute atomic E-state index is 0.0576. The highest BCUT2D eigenvalue weighted by molar-refractivity contribution is 7.91. The van der Waals surface area contributed by atoms with Crippen molar-refractivity contribution in [2.75, 3.05) is 12.9 Å². The first-order valence-electron chi connectivity index (χ1n) is 8.28. The molecule has 144 valence electrons. The van der Waals surface area contributed by atoms with Gasteiger partial charge in [-0.15, -0.1) is 0 Å². The number of hydrogen-bond acceptors (Lipinski definition) is 6. The van der Waals surface area contributed by atoms with E-state index in [1.165, 1.54) is 0 Å². The van der Waals surface area contributed by atoms with E-state index in [9.17, 15) is 18.0 Å². The highest BCUT2D eigenvalue weighted by Gasteiger charge is 2.54. The number of benzene rings is 1. The minimum Gasteiger partial charge on any atom is -0.481 e. The van der Waals surface area contributed by atoms with Crippen LogP contribution in [0.25, 0.3) is 0 Å². The molecule has 1 saturated heterocycles. The van der Waals surface area contributed by atoms with E-state index in [4.69, 9.17) is 14.6 Å². The Hall–Kier alpha value is -1.77. The molecule has 1 aromatic carbocycles. The first-order valence-corrected chi connectivity index (χ1v) is 10.2. The Bertz CT molecular complexity index is 770. The number of carbonyl (C=O) groups excluding carboxylic acids is 1. The normalized spacial score (nSPS) is 21.9. The molecule has 7 nitrogen and oxygen atoms in total. The molecule has 0 amide bonds. The monoisotopic (exact) mass is 384 g/mol. The van der Waals surface area contributed by atoms with Crippen LogP contribution in [0, 0.1) is 0 Å². The van der Waals surface area contributed by atoms with E-state index < -0.39 is 44.6 Å². The summed E-state index contributed by atoms with van der Waals surface area (Å²) in [5.41, 5.74) is 0.497. The highest BCUT2D eigenvalue weighted by Crippen LogP contribution is 2.44. The summed E-state index contributed by atoms with van der Waals surface area (Å²) in [6, 6.07) is 8.56. The van der Waals surface area contributed by atoms with Crippen LogP contribution in [0.2, 0.25) is 0 Å². The third-order valence-corrected chi connectivity index (χ3v) is 6.60. The summed E-state index contributed by atoms with van der Waals surface area (Å²) in [5, 5.41) is 8.79. The number of ether oxygens (including phenoxy) is 2. The van der Waals surface area contributed by atoms with Crippen molar-refractivity contribution in [3.63, 3.8) is 0 Å². The number of Topliss-reactive ketones (excluding diaryl/α,β-unsaturated/α-hetero) is 1. The maximum absolute atomic E-state index is 12.9. The van der Waals surface area contributed by atoms with Crippen LogP contribution in [-0.2, 0) is 33.6 Å². The van der Waals surface area contributed by atoms with Crippen LogP contribution in [0.5, 0.6) is 0 Å². The number of rotatable bonds is 8. The molecule has 1 heterocycles. The molecule has 1 aliphatic rings. The molecular weight excluding hydrogens is 360 g/mol. The summed E-state index contributed by atoms with van der Waals surface area (Å²) in [7, 11) is -3.74. The maximum atomic E-state index is 12.9. The van der Waals surface area contributed by atoms with Gasteiger partial charge in [-0.2, -0.15) is 0 Å². The van der Waals surface area contributed by atoms with Gasteiger partial charge >= 0.3 is 5.97 Å². The summed E-state index contributed by atoms with van der Waals surface area (Å²) >= 11 is 0. The first-order chi connectivity index (χ1) is 12.0. The lowest BCUT2D eigenvalue weighted by molar-refractivity contribution is -0.143. The number of carboxylic acids is 1. The zero-order chi connectivity index (χ0) is 19.6. The van der Waals surface area contributed by atoms with Crippen molar-refractivity contribution in [2.24, 2.45) is 0 Å². The minimum atomic E-state index is -3.74. The molecule has 2 unspecified atom stereocenters. The van der Waals surface area contributed by atoms with Gasteiger partial charge in [-0.1, -0.05) is 30.3 Å².